The van der Waals surface area contributed by atoms with E-state index in [1.54, 1.807) is 12.3 Å². The van der Waals surface area contributed by atoms with Gasteiger partial charge in [-0.2, -0.15) is 0 Å². The number of ether oxygens (including phenoxy) is 1. The molecule has 0 amide bonds. The van der Waals surface area contributed by atoms with Gasteiger partial charge in [-0.25, -0.2) is 4.98 Å². The first-order valence-corrected chi connectivity index (χ1v) is 23.5. The Morgan fingerprint density at radius 3 is 1.89 bits per heavy atom. The Labute approximate surface area is 399 Å². The van der Waals surface area contributed by atoms with Crippen LogP contribution in [-0.2, 0) is 19.4 Å². The van der Waals surface area contributed by atoms with Crippen molar-refractivity contribution in [2.75, 3.05) is 0 Å². The van der Waals surface area contributed by atoms with E-state index >= 15 is 0 Å². The van der Waals surface area contributed by atoms with Gasteiger partial charge in [0.2, 0.25) is 0 Å². The van der Waals surface area contributed by atoms with Crippen molar-refractivity contribution in [2.45, 2.75) is 38.6 Å². The van der Waals surface area contributed by atoms with Crippen LogP contribution in [0.3, 0.4) is 0 Å². The van der Waals surface area contributed by atoms with E-state index in [2.05, 4.69) is 169 Å². The number of para-hydroxylation sites is 4. The summed E-state index contributed by atoms with van der Waals surface area (Å²) in [6.07, 6.45) is 3.64. The fourth-order valence-electron chi connectivity index (χ4n) is 10.1. The minimum atomic E-state index is -2.37. The molecule has 0 fully saturated rings. The summed E-state index contributed by atoms with van der Waals surface area (Å²) < 4.78 is 40.5. The second-order valence-corrected chi connectivity index (χ2v) is 18.1. The van der Waals surface area contributed by atoms with Gasteiger partial charge in [0.1, 0.15) is 0 Å². The molecule has 0 N–H and O–H groups in total. The van der Waals surface area contributed by atoms with E-state index in [0.717, 1.165) is 88.6 Å². The summed E-state index contributed by atoms with van der Waals surface area (Å²) in [6.45, 7) is -0.0659. The first-order valence-electron chi connectivity index (χ1n) is 23.9. The van der Waals surface area contributed by atoms with E-state index in [1.807, 2.05) is 65.2 Å². The van der Waals surface area contributed by atoms with Crippen molar-refractivity contribution in [3.63, 3.8) is 0 Å². The molecule has 6 heteroatoms. The molecule has 322 valence electrons. The second-order valence-electron chi connectivity index (χ2n) is 17.0. The average molecular weight is 1040 g/mol. The Kier molecular flexibility index (Phi) is 9.28. The maximum absolute atomic E-state index is 8.55. The van der Waals surface area contributed by atoms with Gasteiger partial charge in [0.25, 0.3) is 0 Å². The zero-order chi connectivity index (χ0) is 46.8. The van der Waals surface area contributed by atoms with E-state index in [1.165, 1.54) is 5.56 Å². The number of pyridine rings is 1. The summed E-state index contributed by atoms with van der Waals surface area (Å²) in [7, 11) is 0. The minimum Gasteiger partial charge on any atom is -0.238 e. The zero-order valence-electron chi connectivity index (χ0n) is 39.1. The molecule has 0 aliphatic heterocycles. The Balaban J connectivity index is 0.979. The Morgan fingerprint density at radius 1 is 0.591 bits per heavy atom. The summed E-state index contributed by atoms with van der Waals surface area (Å²) in [5, 5.41) is 1.96. The van der Waals surface area contributed by atoms with E-state index in [9.17, 15) is 0 Å². The van der Waals surface area contributed by atoms with Crippen molar-refractivity contribution in [3.05, 3.63) is 227 Å². The number of imidazole rings is 1. The zero-order valence-corrected chi connectivity index (χ0v) is 38.3. The summed E-state index contributed by atoms with van der Waals surface area (Å²) >= 11 is 2.55. The molecule has 2 unspecified atom stereocenters. The molecular weight excluding hydrogens is 988 g/mol. The molecule has 0 radical (unpaired) electrons. The van der Waals surface area contributed by atoms with Crippen LogP contribution < -0.4 is 4.74 Å². The van der Waals surface area contributed by atoms with Crippen molar-refractivity contribution in [2.24, 2.45) is 0 Å². The van der Waals surface area contributed by atoms with Gasteiger partial charge >= 0.3 is 302 Å². The van der Waals surface area contributed by atoms with Gasteiger partial charge in [0.15, 0.2) is 0 Å². The molecule has 66 heavy (non-hydrogen) atoms. The fraction of sp³-hybridized carbons (Fsp3) is 0.100. The van der Waals surface area contributed by atoms with Gasteiger partial charge < -0.3 is 0 Å². The third-order valence-corrected chi connectivity index (χ3v) is 14.2. The molecule has 0 bridgehead atoms. The molecule has 12 rings (SSSR count). The summed E-state index contributed by atoms with van der Waals surface area (Å²) in [6, 6.07) is 71.7. The summed E-state index contributed by atoms with van der Waals surface area (Å²) in [5.74, 6) is 1.95. The van der Waals surface area contributed by atoms with Crippen LogP contribution in [0.15, 0.2) is 194 Å². The third kappa shape index (κ3) is 6.80. The van der Waals surface area contributed by atoms with Gasteiger partial charge in [-0.15, -0.1) is 0 Å². The molecule has 0 spiro atoms. The Hall–Kier alpha value is -7.33. The van der Waals surface area contributed by atoms with Gasteiger partial charge in [0, 0.05) is 15.9 Å². The van der Waals surface area contributed by atoms with Crippen molar-refractivity contribution >= 4 is 32.8 Å². The number of nitrogens with zero attached hydrogens (tertiary/aromatic N) is 4. The van der Waals surface area contributed by atoms with Crippen LogP contribution in [0.4, 0.5) is 0 Å². The molecule has 0 saturated carbocycles. The van der Waals surface area contributed by atoms with Crippen molar-refractivity contribution in [1.29, 1.82) is 0 Å². The van der Waals surface area contributed by atoms with Crippen LogP contribution in [0.25, 0.3) is 77.7 Å². The van der Waals surface area contributed by atoms with Crippen LogP contribution in [0.2, 0.25) is 0 Å². The molecule has 8 aromatic carbocycles. The summed E-state index contributed by atoms with van der Waals surface area (Å²) in [5.41, 5.74) is 13.7. The van der Waals surface area contributed by atoms with Crippen LogP contribution in [0.5, 0.6) is 11.5 Å². The number of aryl methyl sites for hydroxylation is 1. The quantitative estimate of drug-likeness (QED) is 0.142. The van der Waals surface area contributed by atoms with E-state index < -0.39 is 6.85 Å². The standard InChI is InChI=1S/C60H44N4O.Pt/c1-40-29-34-54(62-39-63(57-28-15-14-27-56(57)62)60-48(42-17-6-3-7-18-42)24-16-25-49(60)43-19-8-4-9-20-43)52-36-45(30-32-47(40)52)65-46-31-33-51-50-23-12-13-26-55(50)64(58(51)37-46)59-35-41(2)53(38-61-59)44-21-10-5-11-22-44;/h3-28,30-33,35,38,40,54H,29,34H2,1-2H3;/q-2;/i2D3;. The second kappa shape index (κ2) is 16.6. The fourth-order valence-corrected chi connectivity index (χ4v) is 11.2. The number of benzene rings is 8. The topological polar surface area (TPSA) is 36.9 Å². The third-order valence-electron chi connectivity index (χ3n) is 13.2. The monoisotopic (exact) mass is 1030 g/mol. The minimum absolute atomic E-state index is 0.0196. The molecule has 0 saturated heterocycles. The number of rotatable bonds is 8. The maximum atomic E-state index is 8.55. The van der Waals surface area contributed by atoms with Crippen LogP contribution in [0.1, 0.15) is 52.5 Å². The predicted octanol–water partition coefficient (Wildman–Crippen LogP) is 15.2. The molecule has 11 aromatic rings. The van der Waals surface area contributed by atoms with Gasteiger partial charge in [-0.05, 0) is 30.1 Å². The van der Waals surface area contributed by atoms with E-state index in [-0.39, 0.29) is 11.6 Å². The summed E-state index contributed by atoms with van der Waals surface area (Å²) in [4.78, 5) is 4.91. The van der Waals surface area contributed by atoms with Gasteiger partial charge in [-0.3, -0.25) is 0 Å². The van der Waals surface area contributed by atoms with Crippen LogP contribution >= 0.6 is 0 Å². The van der Waals surface area contributed by atoms with E-state index in [0.29, 0.717) is 28.8 Å². The molecule has 1 aliphatic rings. The predicted molar refractivity (Wildman–Crippen MR) is 264 cm³/mol. The Morgan fingerprint density at radius 2 is 1.20 bits per heavy atom. The number of hydrogen-bond acceptors (Lipinski definition) is 2. The molecule has 5 nitrogen and oxygen atoms in total. The molecule has 2 atom stereocenters. The van der Waals surface area contributed by atoms with E-state index in [4.69, 9.17) is 13.8 Å². The SMILES string of the molecule is [2H]C([2H])([2H])c1cc(-n2c3[c-]c(Oc4[c-]c5c(cc4)C(C)CCC5n4[c](=[Pt])n(-c5c(-c6ccccc6)cccc5-c5ccccc5)c5ccccc54)ccc3c3ccccc32)ncc1-c1ccccc1. The van der Waals surface area contributed by atoms with Crippen molar-refractivity contribution < 1.29 is 28.2 Å². The Bertz CT molecular complexity index is 3740. The molecular formula is C60H44N4OPt-2. The average Bonchev–Trinajstić information content (AvgIpc) is 3.87. The first-order chi connectivity index (χ1) is 33.7. The smallest absolute Gasteiger partial charge is 0.238 e. The number of fused-ring (bicyclic) bond motifs is 5. The number of hydrogen-bond donors (Lipinski definition) is 0. The van der Waals surface area contributed by atoms with Crippen LogP contribution in [0, 0.1) is 22.8 Å². The first kappa shape index (κ1) is 36.9. The number of aromatic nitrogens is 4. The van der Waals surface area contributed by atoms with Crippen molar-refractivity contribution in [1.82, 2.24) is 18.7 Å². The molecule has 3 aromatic heterocycles. The van der Waals surface area contributed by atoms with Crippen LogP contribution in [-0.4, -0.2) is 18.7 Å². The molecule has 1 aliphatic carbocycles. The van der Waals surface area contributed by atoms with Gasteiger partial charge in [0.05, 0.1) is 0 Å². The molecule has 3 heterocycles. The van der Waals surface area contributed by atoms with Crippen molar-refractivity contribution in [3.8, 4) is 56.4 Å². The van der Waals surface area contributed by atoms with Gasteiger partial charge in [-0.1, -0.05) is 48.5 Å². The normalized spacial score (nSPS) is 15.7.